The van der Waals surface area contributed by atoms with Gasteiger partial charge in [0.05, 0.1) is 0 Å². The molecule has 4 nitrogen and oxygen atoms in total. The Morgan fingerprint density at radius 1 is 1.33 bits per heavy atom. The zero-order valence-corrected chi connectivity index (χ0v) is 11.8. The first-order valence-corrected chi connectivity index (χ1v) is 6.91. The van der Waals surface area contributed by atoms with Gasteiger partial charge in [-0.1, -0.05) is 29.8 Å². The molecule has 1 N–H and O–H groups in total. The average molecular weight is 305 g/mol. The Hall–Kier alpha value is -2.20. The summed E-state index contributed by atoms with van der Waals surface area (Å²) in [5.41, 5.74) is 1.23. The van der Waals surface area contributed by atoms with Crippen LogP contribution in [0.4, 0.5) is 0 Å². The Kier molecular flexibility index (Phi) is 3.71. The molecule has 0 aliphatic carbocycles. The minimum Gasteiger partial charge on any atom is -0.489 e. The predicted molar refractivity (Wildman–Crippen MR) is 78.5 cm³/mol. The number of rotatable bonds is 4. The van der Waals surface area contributed by atoms with Crippen molar-refractivity contribution >= 4 is 17.6 Å². The van der Waals surface area contributed by atoms with E-state index in [0.717, 1.165) is 17.7 Å². The number of aromatic carboxylic acids is 1. The Bertz CT molecular complexity index is 659. The molecule has 21 heavy (non-hydrogen) atoms. The van der Waals surface area contributed by atoms with Crippen LogP contribution < -0.4 is 9.47 Å². The summed E-state index contributed by atoms with van der Waals surface area (Å²) in [6.07, 6.45) is 0.627. The second-order valence-electron chi connectivity index (χ2n) is 4.81. The fourth-order valence-electron chi connectivity index (χ4n) is 2.32. The molecule has 1 heterocycles. The minimum atomic E-state index is -1.04. The van der Waals surface area contributed by atoms with E-state index in [1.54, 1.807) is 0 Å². The monoisotopic (exact) mass is 304 g/mol. The van der Waals surface area contributed by atoms with Gasteiger partial charge in [-0.3, -0.25) is 0 Å². The number of fused-ring (bicyclic) bond motifs is 1. The van der Waals surface area contributed by atoms with Crippen LogP contribution in [0.5, 0.6) is 11.5 Å². The van der Waals surface area contributed by atoms with Gasteiger partial charge in [0, 0.05) is 11.4 Å². The summed E-state index contributed by atoms with van der Waals surface area (Å²) in [4.78, 5) is 11.2. The molecule has 1 unspecified atom stereocenters. The quantitative estimate of drug-likeness (QED) is 0.940. The molecule has 108 valence electrons. The second kappa shape index (κ2) is 5.66. The molecule has 1 atom stereocenters. The summed E-state index contributed by atoms with van der Waals surface area (Å²) in [7, 11) is 0. The molecule has 1 aliphatic rings. The van der Waals surface area contributed by atoms with Crippen LogP contribution in [0.3, 0.4) is 0 Å². The summed E-state index contributed by atoms with van der Waals surface area (Å²) < 4.78 is 11.4. The van der Waals surface area contributed by atoms with Crippen LogP contribution >= 0.6 is 11.6 Å². The number of hydrogen-bond acceptors (Lipinski definition) is 3. The predicted octanol–water partition coefficient (Wildman–Crippen LogP) is 3.42. The maximum absolute atomic E-state index is 11.2. The van der Waals surface area contributed by atoms with E-state index in [-0.39, 0.29) is 24.0 Å². The van der Waals surface area contributed by atoms with Gasteiger partial charge in [0.1, 0.15) is 29.8 Å². The molecule has 0 fully saturated rings. The normalized spacial score (nSPS) is 16.1. The molecule has 0 bridgehead atoms. The van der Waals surface area contributed by atoms with Crippen LogP contribution in [-0.2, 0) is 6.42 Å². The number of ether oxygens (including phenoxy) is 2. The van der Waals surface area contributed by atoms with Gasteiger partial charge in [-0.25, -0.2) is 4.79 Å². The molecule has 0 amide bonds. The number of halogens is 1. The third-order valence-corrected chi connectivity index (χ3v) is 3.55. The Morgan fingerprint density at radius 3 is 2.90 bits per heavy atom. The van der Waals surface area contributed by atoms with Crippen LogP contribution in [0.1, 0.15) is 15.9 Å². The van der Waals surface area contributed by atoms with E-state index in [1.807, 2.05) is 24.3 Å². The number of benzene rings is 2. The maximum Gasteiger partial charge on any atom is 0.339 e. The molecular formula is C16H13ClO4. The van der Waals surface area contributed by atoms with E-state index in [9.17, 15) is 4.79 Å². The van der Waals surface area contributed by atoms with Crippen molar-refractivity contribution in [3.8, 4) is 11.5 Å². The van der Waals surface area contributed by atoms with Crippen molar-refractivity contribution in [1.29, 1.82) is 0 Å². The lowest BCUT2D eigenvalue weighted by atomic mass is 10.1. The fourth-order valence-corrected chi connectivity index (χ4v) is 2.48. The highest BCUT2D eigenvalue weighted by Gasteiger charge is 2.23. The fraction of sp³-hybridized carbons (Fsp3) is 0.188. The molecule has 0 saturated heterocycles. The SMILES string of the molecule is O=C(O)c1ccc(Cl)cc1OCC1Cc2ccccc2O1. The van der Waals surface area contributed by atoms with Crippen molar-refractivity contribution in [2.45, 2.75) is 12.5 Å². The molecule has 0 aromatic heterocycles. The van der Waals surface area contributed by atoms with Crippen molar-refractivity contribution in [2.24, 2.45) is 0 Å². The summed E-state index contributed by atoms with van der Waals surface area (Å²) in [5, 5.41) is 9.57. The molecule has 5 heteroatoms. The standard InChI is InChI=1S/C16H13ClO4/c17-11-5-6-13(16(18)19)15(8-11)20-9-12-7-10-3-1-2-4-14(10)21-12/h1-6,8,12H,7,9H2,(H,18,19). The van der Waals surface area contributed by atoms with Gasteiger partial charge in [0.25, 0.3) is 0 Å². The van der Waals surface area contributed by atoms with Crippen LogP contribution in [0.15, 0.2) is 42.5 Å². The van der Waals surface area contributed by atoms with Crippen LogP contribution in [0.2, 0.25) is 5.02 Å². The van der Waals surface area contributed by atoms with Crippen molar-refractivity contribution in [1.82, 2.24) is 0 Å². The minimum absolute atomic E-state index is 0.0925. The molecule has 0 spiro atoms. The summed E-state index contributed by atoms with van der Waals surface area (Å²) in [5.74, 6) is 0.0718. The van der Waals surface area contributed by atoms with Crippen LogP contribution in [0.25, 0.3) is 0 Å². The van der Waals surface area contributed by atoms with Crippen molar-refractivity contribution in [3.05, 3.63) is 58.6 Å². The average Bonchev–Trinajstić information content (AvgIpc) is 2.87. The van der Waals surface area contributed by atoms with Gasteiger partial charge in [-0.15, -0.1) is 0 Å². The van der Waals surface area contributed by atoms with Crippen molar-refractivity contribution in [3.63, 3.8) is 0 Å². The largest absolute Gasteiger partial charge is 0.489 e. The van der Waals surface area contributed by atoms with Crippen LogP contribution in [0, 0.1) is 0 Å². The summed E-state index contributed by atoms with van der Waals surface area (Å²) in [6.45, 7) is 0.273. The molecule has 0 saturated carbocycles. The van der Waals surface area contributed by atoms with Crippen molar-refractivity contribution in [2.75, 3.05) is 6.61 Å². The highest BCUT2D eigenvalue weighted by Crippen LogP contribution is 2.29. The zero-order valence-electron chi connectivity index (χ0n) is 11.1. The first-order chi connectivity index (χ1) is 10.1. The van der Waals surface area contributed by atoms with Crippen LogP contribution in [-0.4, -0.2) is 23.8 Å². The molecule has 2 aromatic rings. The zero-order chi connectivity index (χ0) is 14.8. The number of carboxylic acids is 1. The van der Waals surface area contributed by atoms with Gasteiger partial charge in [0.2, 0.25) is 0 Å². The number of carbonyl (C=O) groups is 1. The van der Waals surface area contributed by atoms with E-state index < -0.39 is 5.97 Å². The van der Waals surface area contributed by atoms with Gasteiger partial charge >= 0.3 is 5.97 Å². The van der Waals surface area contributed by atoms with E-state index in [0.29, 0.717) is 5.02 Å². The smallest absolute Gasteiger partial charge is 0.339 e. The van der Waals surface area contributed by atoms with Gasteiger partial charge in [0.15, 0.2) is 0 Å². The summed E-state index contributed by atoms with van der Waals surface area (Å²) in [6, 6.07) is 12.3. The molecule has 1 aliphatic heterocycles. The lowest BCUT2D eigenvalue weighted by Gasteiger charge is -2.14. The first kappa shape index (κ1) is 13.8. The molecule has 0 radical (unpaired) electrons. The van der Waals surface area contributed by atoms with E-state index in [4.69, 9.17) is 26.2 Å². The third-order valence-electron chi connectivity index (χ3n) is 3.31. The molecular weight excluding hydrogens is 292 g/mol. The highest BCUT2D eigenvalue weighted by atomic mass is 35.5. The van der Waals surface area contributed by atoms with Crippen molar-refractivity contribution < 1.29 is 19.4 Å². The third kappa shape index (κ3) is 2.95. The lowest BCUT2D eigenvalue weighted by molar-refractivity contribution is 0.0688. The molecule has 2 aromatic carbocycles. The number of carboxylic acid groups (broad SMARTS) is 1. The topological polar surface area (TPSA) is 55.8 Å². The van der Waals surface area contributed by atoms with E-state index in [2.05, 4.69) is 0 Å². The number of hydrogen-bond donors (Lipinski definition) is 1. The highest BCUT2D eigenvalue weighted by molar-refractivity contribution is 6.30. The van der Waals surface area contributed by atoms with Gasteiger partial charge < -0.3 is 14.6 Å². The van der Waals surface area contributed by atoms with E-state index >= 15 is 0 Å². The molecule has 3 rings (SSSR count). The van der Waals surface area contributed by atoms with Gasteiger partial charge in [-0.05, 0) is 29.8 Å². The lowest BCUT2D eigenvalue weighted by Crippen LogP contribution is -2.23. The number of para-hydroxylation sites is 1. The maximum atomic E-state index is 11.2. The van der Waals surface area contributed by atoms with Gasteiger partial charge in [-0.2, -0.15) is 0 Å². The first-order valence-electron chi connectivity index (χ1n) is 6.53. The second-order valence-corrected chi connectivity index (χ2v) is 5.24. The van der Waals surface area contributed by atoms with E-state index in [1.165, 1.54) is 18.2 Å². The Labute approximate surface area is 126 Å². The Balaban J connectivity index is 1.69. The summed E-state index contributed by atoms with van der Waals surface area (Å²) >= 11 is 5.89. The Morgan fingerprint density at radius 2 is 2.14 bits per heavy atom.